The highest BCUT2D eigenvalue weighted by Crippen LogP contribution is 2.33. The number of nitrogens with one attached hydrogen (secondary N) is 1. The Kier molecular flexibility index (Phi) is 10.7. The Balaban J connectivity index is 2.47. The molecule has 0 aromatic carbocycles. The van der Waals surface area contributed by atoms with Crippen LogP contribution >= 0.6 is 11.8 Å². The third-order valence-electron chi connectivity index (χ3n) is 6.95. The van der Waals surface area contributed by atoms with E-state index in [1.165, 1.54) is 32.9 Å². The summed E-state index contributed by atoms with van der Waals surface area (Å²) in [6.45, 7) is 9.74. The molecule has 0 aromatic heterocycles. The first-order chi connectivity index (χ1) is 17.0. The van der Waals surface area contributed by atoms with Crippen molar-refractivity contribution >= 4 is 23.5 Å². The van der Waals surface area contributed by atoms with Crippen LogP contribution in [0, 0.1) is 17.3 Å². The molecule has 6 nitrogen and oxygen atoms in total. The number of carbonyl (C=O) groups is 2. The Morgan fingerprint density at radius 1 is 1.22 bits per heavy atom. The van der Waals surface area contributed by atoms with Crippen LogP contribution in [-0.4, -0.2) is 51.8 Å². The summed E-state index contributed by atoms with van der Waals surface area (Å²) in [6.07, 6.45) is -3.84. The van der Waals surface area contributed by atoms with Crippen LogP contribution in [-0.2, 0) is 14.3 Å². The first-order valence-corrected chi connectivity index (χ1v) is 13.3. The van der Waals surface area contributed by atoms with Gasteiger partial charge in [0.1, 0.15) is 11.9 Å². The van der Waals surface area contributed by atoms with Gasteiger partial charge in [0.2, 0.25) is 0 Å². The van der Waals surface area contributed by atoms with E-state index in [2.05, 4.69) is 5.32 Å². The van der Waals surface area contributed by atoms with Gasteiger partial charge in [-0.15, -0.1) is 11.8 Å². The molecule has 6 atom stereocenters. The highest BCUT2D eigenvalue weighted by Gasteiger charge is 2.42. The average Bonchev–Trinajstić information content (AvgIpc) is 3.21. The summed E-state index contributed by atoms with van der Waals surface area (Å²) < 4.78 is 46.8. The number of halogens is 3. The van der Waals surface area contributed by atoms with Crippen molar-refractivity contribution in [1.29, 1.82) is 0 Å². The summed E-state index contributed by atoms with van der Waals surface area (Å²) >= 11 is 1.55. The largest absolute Gasteiger partial charge is 0.457 e. The van der Waals surface area contributed by atoms with Gasteiger partial charge in [0.15, 0.2) is 0 Å². The SMILES string of the molecule is C/C(=C\C1=CSC(C)N1)[C@@H]1C/C=C(/C(F)(F)F)C/C=C/[C@H](C)[C@H](O)[C@@H](C)C(=O)C(C)(C)[C@@H](O)CC(=O)O1. The van der Waals surface area contributed by atoms with Crippen LogP contribution in [0.15, 0.2) is 46.6 Å². The molecule has 0 fully saturated rings. The minimum atomic E-state index is -4.60. The van der Waals surface area contributed by atoms with Crippen molar-refractivity contribution in [3.8, 4) is 0 Å². The van der Waals surface area contributed by atoms with Crippen LogP contribution in [0.3, 0.4) is 0 Å². The maximum atomic E-state index is 13.8. The molecule has 2 heterocycles. The van der Waals surface area contributed by atoms with E-state index >= 15 is 0 Å². The number of Topliss-reactive ketones (excluding diaryl/α,β-unsaturated/α-hetero) is 1. The third-order valence-corrected chi connectivity index (χ3v) is 7.86. The molecule has 208 valence electrons. The van der Waals surface area contributed by atoms with Gasteiger partial charge in [0, 0.05) is 29.5 Å². The molecule has 3 N–H and O–H groups in total. The second kappa shape index (κ2) is 12.7. The van der Waals surface area contributed by atoms with E-state index in [4.69, 9.17) is 4.74 Å². The number of aliphatic hydroxyl groups excluding tert-OH is 2. The van der Waals surface area contributed by atoms with Crippen LogP contribution in [0.25, 0.3) is 0 Å². The lowest BCUT2D eigenvalue weighted by molar-refractivity contribution is -0.154. The lowest BCUT2D eigenvalue weighted by Gasteiger charge is -2.34. The molecule has 0 amide bonds. The molecule has 37 heavy (non-hydrogen) atoms. The van der Waals surface area contributed by atoms with Gasteiger partial charge in [-0.05, 0) is 37.3 Å². The van der Waals surface area contributed by atoms with Crippen LogP contribution in [0.1, 0.15) is 60.8 Å². The number of alkyl halides is 3. The average molecular weight is 546 g/mol. The second-order valence-electron chi connectivity index (χ2n) is 10.4. The fourth-order valence-electron chi connectivity index (χ4n) is 4.29. The smallest absolute Gasteiger partial charge is 0.412 e. The molecule has 0 spiro atoms. The predicted molar refractivity (Wildman–Crippen MR) is 138 cm³/mol. The van der Waals surface area contributed by atoms with Crippen molar-refractivity contribution in [3.05, 3.63) is 46.6 Å². The Labute approximate surface area is 221 Å². The zero-order chi connectivity index (χ0) is 28.1. The van der Waals surface area contributed by atoms with Gasteiger partial charge in [-0.2, -0.15) is 13.2 Å². The van der Waals surface area contributed by atoms with Crippen molar-refractivity contribution in [1.82, 2.24) is 5.32 Å². The molecule has 1 unspecified atom stereocenters. The number of esters is 1. The topological polar surface area (TPSA) is 95.9 Å². The highest BCUT2D eigenvalue weighted by molar-refractivity contribution is 8.02. The molecule has 0 bridgehead atoms. The first-order valence-electron chi connectivity index (χ1n) is 12.4. The summed E-state index contributed by atoms with van der Waals surface area (Å²) in [5.41, 5.74) is -0.879. The zero-order valence-corrected chi connectivity index (χ0v) is 22.9. The van der Waals surface area contributed by atoms with Gasteiger partial charge < -0.3 is 20.3 Å². The predicted octanol–water partition coefficient (Wildman–Crippen LogP) is 5.19. The number of cyclic esters (lactones) is 1. The summed E-state index contributed by atoms with van der Waals surface area (Å²) in [5, 5.41) is 26.6. The van der Waals surface area contributed by atoms with E-state index in [1.807, 2.05) is 12.3 Å². The molecule has 2 aliphatic rings. The molecular weight excluding hydrogens is 507 g/mol. The summed E-state index contributed by atoms with van der Waals surface area (Å²) in [6, 6.07) is 0. The van der Waals surface area contributed by atoms with E-state index in [-0.39, 0.29) is 11.8 Å². The minimum Gasteiger partial charge on any atom is -0.457 e. The zero-order valence-electron chi connectivity index (χ0n) is 22.1. The van der Waals surface area contributed by atoms with Gasteiger partial charge in [0.05, 0.1) is 29.4 Å². The minimum absolute atomic E-state index is 0.139. The number of hydrogen-bond acceptors (Lipinski definition) is 7. The van der Waals surface area contributed by atoms with E-state index < -0.39 is 71.9 Å². The summed E-state index contributed by atoms with van der Waals surface area (Å²) in [4.78, 5) is 25.9. The number of aliphatic hydroxyl groups is 2. The van der Waals surface area contributed by atoms with Crippen molar-refractivity contribution in [2.75, 3.05) is 0 Å². The molecule has 0 radical (unpaired) electrons. The number of hydrogen-bond donors (Lipinski definition) is 3. The third kappa shape index (κ3) is 8.48. The van der Waals surface area contributed by atoms with Crippen molar-refractivity contribution in [3.63, 3.8) is 0 Å². The van der Waals surface area contributed by atoms with Gasteiger partial charge in [-0.25, -0.2) is 0 Å². The van der Waals surface area contributed by atoms with Crippen LogP contribution < -0.4 is 5.32 Å². The van der Waals surface area contributed by atoms with Crippen molar-refractivity contribution < 1.29 is 37.7 Å². The second-order valence-corrected chi connectivity index (χ2v) is 11.6. The number of thioether (sulfide) groups is 1. The summed E-state index contributed by atoms with van der Waals surface area (Å²) in [5.74, 6) is -2.82. The number of ketones is 1. The first kappa shape index (κ1) is 31.2. The molecular formula is C27H38F3NO5S. The van der Waals surface area contributed by atoms with Gasteiger partial charge in [-0.3, -0.25) is 9.59 Å². The number of rotatable bonds is 2. The Morgan fingerprint density at radius 2 is 1.86 bits per heavy atom. The van der Waals surface area contributed by atoms with Gasteiger partial charge >= 0.3 is 12.1 Å². The van der Waals surface area contributed by atoms with Gasteiger partial charge in [0.25, 0.3) is 0 Å². The van der Waals surface area contributed by atoms with E-state index in [0.717, 1.165) is 11.8 Å². The molecule has 10 heteroatoms. The normalized spacial score (nSPS) is 35.2. The maximum Gasteiger partial charge on any atom is 0.412 e. The molecule has 0 saturated carbocycles. The summed E-state index contributed by atoms with van der Waals surface area (Å²) in [7, 11) is 0. The Bertz CT molecular complexity index is 970. The molecule has 0 saturated heterocycles. The fraction of sp³-hybridized carbons (Fsp3) is 0.630. The van der Waals surface area contributed by atoms with Gasteiger partial charge in [-0.1, -0.05) is 45.9 Å². The fourth-order valence-corrected chi connectivity index (χ4v) is 4.98. The van der Waals surface area contributed by atoms with Crippen LogP contribution in [0.4, 0.5) is 13.2 Å². The maximum absolute atomic E-state index is 13.8. The van der Waals surface area contributed by atoms with E-state index in [0.29, 0.717) is 5.57 Å². The van der Waals surface area contributed by atoms with Crippen LogP contribution in [0.5, 0.6) is 0 Å². The quantitative estimate of drug-likeness (QED) is 0.325. The molecule has 0 aromatic rings. The Morgan fingerprint density at radius 3 is 2.43 bits per heavy atom. The highest BCUT2D eigenvalue weighted by atomic mass is 32.2. The number of carbonyl (C=O) groups excluding carboxylic acids is 2. The number of allylic oxidation sites excluding steroid dienone is 3. The Hall–Kier alpha value is -2.04. The molecule has 2 rings (SSSR count). The monoisotopic (exact) mass is 545 g/mol. The van der Waals surface area contributed by atoms with Crippen LogP contribution in [0.2, 0.25) is 0 Å². The van der Waals surface area contributed by atoms with Crippen molar-refractivity contribution in [2.24, 2.45) is 17.3 Å². The molecule has 0 aliphatic carbocycles. The standard InChI is InChI=1S/C27H38F3NO5S/c1-15-8-7-9-19(27(28,29)30)10-11-21(16(2)12-20-14-37-18(4)31-20)36-23(33)13-22(32)26(5,6)25(35)17(3)24(15)34/h7-8,10,12,14-15,17-18,21-22,24,31-32,34H,9,11,13H2,1-6H3/b8-7+,16-12+,19-10+/t15-,17+,18?,21-,22-,24-/m0/s1. The molecule has 2 aliphatic heterocycles. The number of ether oxygens (including phenoxy) is 1. The lowest BCUT2D eigenvalue weighted by Crippen LogP contribution is -2.45. The van der Waals surface area contributed by atoms with Crippen molar-refractivity contribution in [2.45, 2.75) is 90.7 Å². The van der Waals surface area contributed by atoms with E-state index in [9.17, 15) is 33.0 Å². The lowest BCUT2D eigenvalue weighted by atomic mass is 9.73. The van der Waals surface area contributed by atoms with E-state index in [1.54, 1.807) is 31.7 Å².